The molecular formula is C14H15ClFN3O. The van der Waals surface area contributed by atoms with Gasteiger partial charge in [-0.25, -0.2) is 9.37 Å². The number of benzene rings is 1. The minimum Gasteiger partial charge on any atom is -0.437 e. The van der Waals surface area contributed by atoms with E-state index in [1.165, 1.54) is 18.2 Å². The van der Waals surface area contributed by atoms with E-state index in [1.807, 2.05) is 13.8 Å². The molecule has 1 aromatic heterocycles. The molecule has 2 aromatic rings. The average molecular weight is 296 g/mol. The van der Waals surface area contributed by atoms with E-state index >= 15 is 0 Å². The molecule has 0 saturated carbocycles. The molecule has 6 heteroatoms. The van der Waals surface area contributed by atoms with Crippen LogP contribution in [0.2, 0.25) is 5.02 Å². The largest absolute Gasteiger partial charge is 0.437 e. The van der Waals surface area contributed by atoms with Gasteiger partial charge in [0.1, 0.15) is 23.2 Å². The average Bonchev–Trinajstić information content (AvgIpc) is 2.41. The maximum atomic E-state index is 13.0. The normalized spacial score (nSPS) is 10.7. The van der Waals surface area contributed by atoms with Crippen LogP contribution in [-0.4, -0.2) is 17.0 Å². The maximum Gasteiger partial charge on any atom is 0.224 e. The number of rotatable bonds is 4. The first kappa shape index (κ1) is 14.5. The van der Waals surface area contributed by atoms with Crippen molar-refractivity contribution in [1.82, 2.24) is 9.97 Å². The van der Waals surface area contributed by atoms with Gasteiger partial charge in [-0.1, -0.05) is 25.4 Å². The third-order valence-electron chi connectivity index (χ3n) is 2.60. The number of nitrogens with one attached hydrogen (secondary N) is 1. The van der Waals surface area contributed by atoms with Crippen LogP contribution in [0.1, 0.15) is 25.6 Å². The lowest BCUT2D eigenvalue weighted by Gasteiger charge is -2.11. The Morgan fingerprint density at radius 1 is 1.25 bits per heavy atom. The van der Waals surface area contributed by atoms with Crippen LogP contribution in [0, 0.1) is 5.82 Å². The standard InChI is InChI=1S/C14H15ClFN3O/c1-8(2)14-18-12(17-3)7-13(19-14)20-11-5-4-9(16)6-10(11)15/h4-8H,1-3H3,(H,17,18,19). The van der Waals surface area contributed by atoms with Crippen LogP contribution in [0.3, 0.4) is 0 Å². The number of hydrogen-bond donors (Lipinski definition) is 1. The summed E-state index contributed by atoms with van der Waals surface area (Å²) in [4.78, 5) is 8.65. The fourth-order valence-electron chi connectivity index (χ4n) is 1.55. The summed E-state index contributed by atoms with van der Waals surface area (Å²) in [5.74, 6) is 1.77. The number of hydrogen-bond acceptors (Lipinski definition) is 4. The molecule has 0 amide bonds. The maximum absolute atomic E-state index is 13.0. The van der Waals surface area contributed by atoms with Gasteiger partial charge in [0.25, 0.3) is 0 Å². The Kier molecular flexibility index (Phi) is 4.39. The second-order valence-corrected chi connectivity index (χ2v) is 4.94. The van der Waals surface area contributed by atoms with Gasteiger partial charge in [0, 0.05) is 19.0 Å². The molecule has 106 valence electrons. The van der Waals surface area contributed by atoms with E-state index in [4.69, 9.17) is 16.3 Å². The highest BCUT2D eigenvalue weighted by Gasteiger charge is 2.11. The Hall–Kier alpha value is -1.88. The molecule has 0 atom stereocenters. The molecule has 0 aliphatic heterocycles. The highest BCUT2D eigenvalue weighted by molar-refractivity contribution is 6.32. The van der Waals surface area contributed by atoms with Crippen molar-refractivity contribution in [3.05, 3.63) is 40.9 Å². The molecule has 0 radical (unpaired) electrons. The van der Waals surface area contributed by atoms with Crippen molar-refractivity contribution in [3.63, 3.8) is 0 Å². The van der Waals surface area contributed by atoms with Crippen LogP contribution in [-0.2, 0) is 0 Å². The second kappa shape index (κ2) is 6.05. The molecule has 0 aliphatic carbocycles. The van der Waals surface area contributed by atoms with Gasteiger partial charge in [-0.3, -0.25) is 0 Å². The van der Waals surface area contributed by atoms with E-state index in [0.717, 1.165) is 0 Å². The quantitative estimate of drug-likeness (QED) is 0.917. The Morgan fingerprint density at radius 2 is 2.00 bits per heavy atom. The zero-order valence-electron chi connectivity index (χ0n) is 11.4. The molecule has 0 unspecified atom stereocenters. The number of anilines is 1. The summed E-state index contributed by atoms with van der Waals surface area (Å²) >= 11 is 5.93. The predicted molar refractivity (Wildman–Crippen MR) is 77.2 cm³/mol. The highest BCUT2D eigenvalue weighted by Crippen LogP contribution is 2.30. The molecule has 4 nitrogen and oxygen atoms in total. The van der Waals surface area contributed by atoms with Crippen molar-refractivity contribution in [3.8, 4) is 11.6 Å². The predicted octanol–water partition coefficient (Wildman–Crippen LogP) is 4.23. The topological polar surface area (TPSA) is 47.0 Å². The number of halogens is 2. The Labute approximate surface area is 122 Å². The van der Waals surface area contributed by atoms with Crippen molar-refractivity contribution in [1.29, 1.82) is 0 Å². The highest BCUT2D eigenvalue weighted by atomic mass is 35.5. The Balaban J connectivity index is 2.34. The van der Waals surface area contributed by atoms with Crippen molar-refractivity contribution in [2.45, 2.75) is 19.8 Å². The molecule has 2 rings (SSSR count). The second-order valence-electron chi connectivity index (χ2n) is 4.53. The summed E-state index contributed by atoms with van der Waals surface area (Å²) < 4.78 is 18.6. The Morgan fingerprint density at radius 3 is 2.60 bits per heavy atom. The van der Waals surface area contributed by atoms with E-state index in [-0.39, 0.29) is 10.9 Å². The van der Waals surface area contributed by atoms with Crippen LogP contribution in [0.25, 0.3) is 0 Å². The molecule has 1 aromatic carbocycles. The van der Waals surface area contributed by atoms with E-state index in [2.05, 4.69) is 15.3 Å². The summed E-state index contributed by atoms with van der Waals surface area (Å²) in [6.07, 6.45) is 0. The van der Waals surface area contributed by atoms with Gasteiger partial charge in [0.2, 0.25) is 5.88 Å². The molecule has 20 heavy (non-hydrogen) atoms. The van der Waals surface area contributed by atoms with Crippen LogP contribution in [0.15, 0.2) is 24.3 Å². The molecule has 1 heterocycles. The van der Waals surface area contributed by atoms with E-state index < -0.39 is 5.82 Å². The monoisotopic (exact) mass is 295 g/mol. The molecule has 1 N–H and O–H groups in total. The lowest BCUT2D eigenvalue weighted by molar-refractivity contribution is 0.456. The summed E-state index contributed by atoms with van der Waals surface area (Å²) in [6, 6.07) is 5.60. The summed E-state index contributed by atoms with van der Waals surface area (Å²) in [6.45, 7) is 3.98. The molecule has 0 aliphatic rings. The van der Waals surface area contributed by atoms with E-state index in [0.29, 0.717) is 23.3 Å². The molecular weight excluding hydrogens is 281 g/mol. The van der Waals surface area contributed by atoms with Crippen LogP contribution in [0.4, 0.5) is 10.2 Å². The summed E-state index contributed by atoms with van der Waals surface area (Å²) in [5, 5.41) is 3.14. The number of ether oxygens (including phenoxy) is 1. The molecule has 0 saturated heterocycles. The van der Waals surface area contributed by atoms with E-state index in [9.17, 15) is 4.39 Å². The van der Waals surface area contributed by atoms with Crippen LogP contribution in [0.5, 0.6) is 11.6 Å². The fraction of sp³-hybridized carbons (Fsp3) is 0.286. The van der Waals surface area contributed by atoms with Crippen molar-refractivity contribution in [2.75, 3.05) is 12.4 Å². The van der Waals surface area contributed by atoms with Gasteiger partial charge in [-0.2, -0.15) is 4.98 Å². The first-order valence-electron chi connectivity index (χ1n) is 6.19. The lowest BCUT2D eigenvalue weighted by Crippen LogP contribution is -2.03. The number of aromatic nitrogens is 2. The van der Waals surface area contributed by atoms with Crippen molar-refractivity contribution < 1.29 is 9.13 Å². The van der Waals surface area contributed by atoms with Gasteiger partial charge in [-0.15, -0.1) is 0 Å². The summed E-state index contributed by atoms with van der Waals surface area (Å²) in [5.41, 5.74) is 0. The van der Waals surface area contributed by atoms with Gasteiger partial charge < -0.3 is 10.1 Å². The first-order valence-corrected chi connectivity index (χ1v) is 6.57. The third-order valence-corrected chi connectivity index (χ3v) is 2.90. The molecule has 0 spiro atoms. The third kappa shape index (κ3) is 3.36. The van der Waals surface area contributed by atoms with Crippen molar-refractivity contribution >= 4 is 17.4 Å². The zero-order chi connectivity index (χ0) is 14.7. The SMILES string of the molecule is CNc1cc(Oc2ccc(F)cc2Cl)nc(C(C)C)n1. The zero-order valence-corrected chi connectivity index (χ0v) is 12.2. The van der Waals surface area contributed by atoms with E-state index in [1.54, 1.807) is 13.1 Å². The molecule has 0 bridgehead atoms. The lowest BCUT2D eigenvalue weighted by atomic mass is 10.2. The fourth-order valence-corrected chi connectivity index (χ4v) is 1.76. The first-order chi connectivity index (χ1) is 9.49. The van der Waals surface area contributed by atoms with Gasteiger partial charge in [-0.05, 0) is 18.2 Å². The number of nitrogens with zero attached hydrogens (tertiary/aromatic N) is 2. The van der Waals surface area contributed by atoms with Crippen molar-refractivity contribution in [2.24, 2.45) is 0 Å². The van der Waals surface area contributed by atoms with Crippen LogP contribution < -0.4 is 10.1 Å². The van der Waals surface area contributed by atoms with Gasteiger partial charge >= 0.3 is 0 Å². The van der Waals surface area contributed by atoms with Gasteiger partial charge in [0.05, 0.1) is 5.02 Å². The Bertz CT molecular complexity index is 619. The minimum absolute atomic E-state index is 0.161. The van der Waals surface area contributed by atoms with Crippen LogP contribution >= 0.6 is 11.6 Å². The minimum atomic E-state index is -0.413. The summed E-state index contributed by atoms with van der Waals surface area (Å²) in [7, 11) is 1.76. The van der Waals surface area contributed by atoms with Gasteiger partial charge in [0.15, 0.2) is 0 Å². The smallest absolute Gasteiger partial charge is 0.224 e. The molecule has 0 fully saturated rings.